The van der Waals surface area contributed by atoms with Crippen LogP contribution in [-0.4, -0.2) is 34.2 Å². The molecule has 0 fully saturated rings. The number of H-pyrrole nitrogens is 1. The number of nitrogens with zero attached hydrogens (tertiary/aromatic N) is 3. The van der Waals surface area contributed by atoms with Crippen molar-refractivity contribution in [1.82, 2.24) is 19.9 Å². The predicted octanol–water partition coefficient (Wildman–Crippen LogP) is 1.98. The molecule has 1 aromatic carbocycles. The quantitative estimate of drug-likeness (QED) is 0.745. The lowest BCUT2D eigenvalue weighted by Gasteiger charge is -2.06. The Morgan fingerprint density at radius 2 is 1.90 bits per heavy atom. The Morgan fingerprint density at radius 1 is 1.10 bits per heavy atom. The average molecular weight is 285 g/mol. The number of ether oxygens (including phenoxy) is 2. The van der Waals surface area contributed by atoms with Crippen LogP contribution < -0.4 is 14.8 Å². The fourth-order valence-corrected chi connectivity index (χ4v) is 1.97. The first-order valence-electron chi connectivity index (χ1n) is 6.41. The molecule has 2 N–H and O–H groups in total. The summed E-state index contributed by atoms with van der Waals surface area (Å²) in [5.41, 5.74) is 2.41. The molecule has 0 aliphatic rings. The molecule has 3 aromatic rings. The van der Waals surface area contributed by atoms with Crippen LogP contribution in [0, 0.1) is 0 Å². The SMILES string of the molecule is COc1ccc(CNc2ncnc3nc(OC)[nH]c23)cc1. The van der Waals surface area contributed by atoms with Crippen molar-refractivity contribution in [1.29, 1.82) is 0 Å². The van der Waals surface area contributed by atoms with Gasteiger partial charge in [0.25, 0.3) is 6.01 Å². The number of methoxy groups -OCH3 is 2. The normalized spacial score (nSPS) is 10.6. The first kappa shape index (κ1) is 13.2. The lowest BCUT2D eigenvalue weighted by atomic mass is 10.2. The van der Waals surface area contributed by atoms with Crippen molar-refractivity contribution in [3.63, 3.8) is 0 Å². The molecule has 0 atom stereocenters. The van der Waals surface area contributed by atoms with Crippen LogP contribution >= 0.6 is 0 Å². The highest BCUT2D eigenvalue weighted by atomic mass is 16.5. The summed E-state index contributed by atoms with van der Waals surface area (Å²) in [6, 6.07) is 8.26. The van der Waals surface area contributed by atoms with E-state index in [1.54, 1.807) is 14.2 Å². The maximum absolute atomic E-state index is 5.14. The van der Waals surface area contributed by atoms with E-state index < -0.39 is 0 Å². The van der Waals surface area contributed by atoms with Gasteiger partial charge in [0.2, 0.25) is 0 Å². The molecule has 21 heavy (non-hydrogen) atoms. The molecule has 2 aromatic heterocycles. The van der Waals surface area contributed by atoms with Crippen molar-refractivity contribution in [2.45, 2.75) is 6.54 Å². The molecule has 0 bridgehead atoms. The van der Waals surface area contributed by atoms with Crippen LogP contribution in [0.25, 0.3) is 11.2 Å². The second-order valence-corrected chi connectivity index (χ2v) is 4.37. The average Bonchev–Trinajstić information content (AvgIpc) is 2.97. The maximum atomic E-state index is 5.14. The Labute approximate surface area is 121 Å². The highest BCUT2D eigenvalue weighted by Crippen LogP contribution is 2.20. The maximum Gasteiger partial charge on any atom is 0.295 e. The zero-order valence-corrected chi connectivity index (χ0v) is 11.8. The zero-order chi connectivity index (χ0) is 14.7. The molecule has 0 radical (unpaired) electrons. The van der Waals surface area contributed by atoms with E-state index in [0.717, 1.165) is 16.8 Å². The molecule has 0 saturated heterocycles. The summed E-state index contributed by atoms with van der Waals surface area (Å²) in [6.07, 6.45) is 1.47. The van der Waals surface area contributed by atoms with Gasteiger partial charge in [0.1, 0.15) is 17.6 Å². The van der Waals surface area contributed by atoms with Crippen LogP contribution in [0.4, 0.5) is 5.82 Å². The molecule has 7 heteroatoms. The summed E-state index contributed by atoms with van der Waals surface area (Å²) in [5.74, 6) is 1.52. The van der Waals surface area contributed by atoms with E-state index in [1.165, 1.54) is 6.33 Å². The third-order valence-corrected chi connectivity index (χ3v) is 3.08. The van der Waals surface area contributed by atoms with Crippen molar-refractivity contribution in [2.24, 2.45) is 0 Å². The first-order chi connectivity index (χ1) is 10.3. The van der Waals surface area contributed by atoms with E-state index >= 15 is 0 Å². The summed E-state index contributed by atoms with van der Waals surface area (Å²) in [6.45, 7) is 0.636. The van der Waals surface area contributed by atoms with E-state index in [-0.39, 0.29) is 0 Å². The highest BCUT2D eigenvalue weighted by molar-refractivity contribution is 5.82. The Morgan fingerprint density at radius 3 is 2.62 bits per heavy atom. The lowest BCUT2D eigenvalue weighted by molar-refractivity contribution is 0.386. The minimum atomic E-state index is 0.415. The summed E-state index contributed by atoms with van der Waals surface area (Å²) in [5, 5.41) is 3.26. The molecule has 0 unspecified atom stereocenters. The van der Waals surface area contributed by atoms with Crippen LogP contribution in [0.3, 0.4) is 0 Å². The van der Waals surface area contributed by atoms with Gasteiger partial charge in [0.15, 0.2) is 11.5 Å². The van der Waals surface area contributed by atoms with Crippen molar-refractivity contribution >= 4 is 17.0 Å². The van der Waals surface area contributed by atoms with E-state index in [1.807, 2.05) is 24.3 Å². The van der Waals surface area contributed by atoms with E-state index in [4.69, 9.17) is 9.47 Å². The number of fused-ring (bicyclic) bond motifs is 1. The van der Waals surface area contributed by atoms with Crippen molar-refractivity contribution in [2.75, 3.05) is 19.5 Å². The van der Waals surface area contributed by atoms with Crippen molar-refractivity contribution < 1.29 is 9.47 Å². The van der Waals surface area contributed by atoms with E-state index in [2.05, 4.69) is 25.3 Å². The standard InChI is InChI=1S/C14H15N5O2/c1-20-10-5-3-9(4-6-10)7-15-12-11-13(17-8-16-12)19-14(18-11)21-2/h3-6,8H,7H2,1-2H3,(H2,15,16,17,18,19). The second-order valence-electron chi connectivity index (χ2n) is 4.37. The van der Waals surface area contributed by atoms with Gasteiger partial charge in [-0.05, 0) is 17.7 Å². The van der Waals surface area contributed by atoms with Gasteiger partial charge in [-0.1, -0.05) is 12.1 Å². The number of hydrogen-bond acceptors (Lipinski definition) is 6. The fourth-order valence-electron chi connectivity index (χ4n) is 1.97. The fraction of sp³-hybridized carbons (Fsp3) is 0.214. The molecule has 0 aliphatic heterocycles. The third-order valence-electron chi connectivity index (χ3n) is 3.08. The van der Waals surface area contributed by atoms with Gasteiger partial charge in [-0.25, -0.2) is 9.97 Å². The van der Waals surface area contributed by atoms with Gasteiger partial charge in [-0.3, -0.25) is 0 Å². The second kappa shape index (κ2) is 5.66. The molecule has 108 valence electrons. The summed E-state index contributed by atoms with van der Waals surface area (Å²) in [4.78, 5) is 15.5. The molecule has 2 heterocycles. The van der Waals surface area contributed by atoms with Gasteiger partial charge >= 0.3 is 0 Å². The monoisotopic (exact) mass is 285 g/mol. The number of hydrogen-bond donors (Lipinski definition) is 2. The van der Waals surface area contributed by atoms with Crippen LogP contribution in [0.1, 0.15) is 5.56 Å². The molecular formula is C14H15N5O2. The van der Waals surface area contributed by atoms with Crippen molar-refractivity contribution in [3.05, 3.63) is 36.2 Å². The largest absolute Gasteiger partial charge is 0.497 e. The minimum absolute atomic E-state index is 0.415. The van der Waals surface area contributed by atoms with Gasteiger partial charge in [-0.2, -0.15) is 4.98 Å². The zero-order valence-electron chi connectivity index (χ0n) is 11.8. The Kier molecular flexibility index (Phi) is 3.55. The van der Waals surface area contributed by atoms with Gasteiger partial charge < -0.3 is 19.8 Å². The van der Waals surface area contributed by atoms with Crippen molar-refractivity contribution in [3.8, 4) is 11.8 Å². The van der Waals surface area contributed by atoms with E-state index in [9.17, 15) is 0 Å². The van der Waals surface area contributed by atoms with Gasteiger partial charge in [0, 0.05) is 6.54 Å². The van der Waals surface area contributed by atoms with Crippen LogP contribution in [0.15, 0.2) is 30.6 Å². The van der Waals surface area contributed by atoms with E-state index in [0.29, 0.717) is 24.0 Å². The summed E-state index contributed by atoms with van der Waals surface area (Å²) in [7, 11) is 3.20. The molecular weight excluding hydrogens is 270 g/mol. The number of rotatable bonds is 5. The van der Waals surface area contributed by atoms with Gasteiger partial charge in [0.05, 0.1) is 14.2 Å². The smallest absolute Gasteiger partial charge is 0.295 e. The predicted molar refractivity (Wildman–Crippen MR) is 78.6 cm³/mol. The summed E-state index contributed by atoms with van der Waals surface area (Å²) >= 11 is 0. The Bertz CT molecular complexity index is 739. The molecule has 0 aliphatic carbocycles. The number of nitrogens with one attached hydrogen (secondary N) is 2. The topological polar surface area (TPSA) is 84.9 Å². The molecule has 0 amide bonds. The molecule has 0 saturated carbocycles. The molecule has 7 nitrogen and oxygen atoms in total. The summed E-state index contributed by atoms with van der Waals surface area (Å²) < 4.78 is 10.2. The number of aromatic amines is 1. The molecule has 3 rings (SSSR count). The van der Waals surface area contributed by atoms with Gasteiger partial charge in [-0.15, -0.1) is 0 Å². The minimum Gasteiger partial charge on any atom is -0.497 e. The van der Waals surface area contributed by atoms with Crippen LogP contribution in [-0.2, 0) is 6.54 Å². The van der Waals surface area contributed by atoms with Crippen LogP contribution in [0.2, 0.25) is 0 Å². The number of aromatic nitrogens is 4. The molecule has 0 spiro atoms. The number of benzene rings is 1. The Hall–Kier alpha value is -2.83. The highest BCUT2D eigenvalue weighted by Gasteiger charge is 2.09. The Balaban J connectivity index is 1.79. The number of imidazole rings is 1. The van der Waals surface area contributed by atoms with Crippen LogP contribution in [0.5, 0.6) is 11.8 Å². The number of anilines is 1. The lowest BCUT2D eigenvalue weighted by Crippen LogP contribution is -2.02. The third kappa shape index (κ3) is 2.71. The first-order valence-corrected chi connectivity index (χ1v) is 6.41.